The molecule has 1 aromatic carbocycles. The molecule has 0 fully saturated rings. The third kappa shape index (κ3) is 2.71. The van der Waals surface area contributed by atoms with Crippen molar-refractivity contribution < 1.29 is 0 Å². The van der Waals surface area contributed by atoms with Crippen LogP contribution in [0.2, 0.25) is 0 Å². The molecule has 0 amide bonds. The standard InChI is InChI=1S/C17H17N7/c1-13(10-23-8-7-18-12-23)22-16-15-9-21-24(17(15)20-11-19-16)14-5-3-2-4-6-14/h2-9,11-13H,10H2,1H3,(H,19,20,22). The molecule has 1 N–H and O–H groups in total. The van der Waals surface area contributed by atoms with E-state index >= 15 is 0 Å². The fourth-order valence-corrected chi connectivity index (χ4v) is 2.71. The van der Waals surface area contributed by atoms with E-state index in [-0.39, 0.29) is 6.04 Å². The van der Waals surface area contributed by atoms with Crippen LogP contribution in [0, 0.1) is 0 Å². The molecule has 1 atom stereocenters. The molecule has 7 heteroatoms. The van der Waals surface area contributed by atoms with Crippen molar-refractivity contribution >= 4 is 16.9 Å². The van der Waals surface area contributed by atoms with Gasteiger partial charge in [0.15, 0.2) is 5.65 Å². The van der Waals surface area contributed by atoms with Crippen LogP contribution in [0.5, 0.6) is 0 Å². The van der Waals surface area contributed by atoms with Crippen molar-refractivity contribution in [2.24, 2.45) is 0 Å². The van der Waals surface area contributed by atoms with E-state index in [1.165, 1.54) is 0 Å². The number of nitrogens with zero attached hydrogens (tertiary/aromatic N) is 6. The van der Waals surface area contributed by atoms with Crippen LogP contribution in [0.15, 0.2) is 61.6 Å². The smallest absolute Gasteiger partial charge is 0.168 e. The molecule has 4 aromatic rings. The Kier molecular flexibility index (Phi) is 3.66. The highest BCUT2D eigenvalue weighted by Gasteiger charge is 2.12. The maximum Gasteiger partial charge on any atom is 0.168 e. The van der Waals surface area contributed by atoms with Crippen molar-refractivity contribution in [2.45, 2.75) is 19.5 Å². The molecule has 0 spiro atoms. The van der Waals surface area contributed by atoms with Crippen LogP contribution in [0.25, 0.3) is 16.7 Å². The Balaban J connectivity index is 1.64. The molecule has 0 aliphatic carbocycles. The largest absolute Gasteiger partial charge is 0.365 e. The quantitative estimate of drug-likeness (QED) is 0.612. The second kappa shape index (κ2) is 6.11. The molecule has 0 aliphatic heterocycles. The first kappa shape index (κ1) is 14.4. The van der Waals surface area contributed by atoms with E-state index in [2.05, 4.69) is 32.3 Å². The minimum atomic E-state index is 0.192. The summed E-state index contributed by atoms with van der Waals surface area (Å²) in [7, 11) is 0. The van der Waals surface area contributed by atoms with Crippen molar-refractivity contribution in [3.8, 4) is 5.69 Å². The summed E-state index contributed by atoms with van der Waals surface area (Å²) in [6.45, 7) is 2.91. The second-order valence-corrected chi connectivity index (χ2v) is 5.66. The second-order valence-electron chi connectivity index (χ2n) is 5.66. The van der Waals surface area contributed by atoms with Crippen LogP contribution in [-0.4, -0.2) is 35.3 Å². The van der Waals surface area contributed by atoms with E-state index in [0.717, 1.165) is 29.1 Å². The maximum absolute atomic E-state index is 4.47. The Bertz CT molecular complexity index is 928. The first-order valence-electron chi connectivity index (χ1n) is 7.78. The van der Waals surface area contributed by atoms with Gasteiger partial charge in [-0.05, 0) is 19.1 Å². The van der Waals surface area contributed by atoms with Gasteiger partial charge in [0.05, 0.1) is 23.6 Å². The third-order valence-corrected chi connectivity index (χ3v) is 3.79. The molecule has 3 heterocycles. The van der Waals surface area contributed by atoms with Crippen LogP contribution < -0.4 is 5.32 Å². The Hall–Kier alpha value is -3.22. The summed E-state index contributed by atoms with van der Waals surface area (Å²) in [5.74, 6) is 0.787. The fraction of sp³-hybridized carbons (Fsp3) is 0.176. The Morgan fingerprint density at radius 2 is 2.04 bits per heavy atom. The van der Waals surface area contributed by atoms with Crippen LogP contribution in [0.4, 0.5) is 5.82 Å². The number of aromatic nitrogens is 6. The lowest BCUT2D eigenvalue weighted by atomic mass is 10.3. The maximum atomic E-state index is 4.47. The normalized spacial score (nSPS) is 12.4. The highest BCUT2D eigenvalue weighted by molar-refractivity contribution is 5.87. The first-order valence-corrected chi connectivity index (χ1v) is 7.78. The van der Waals surface area contributed by atoms with Gasteiger partial charge < -0.3 is 9.88 Å². The van der Waals surface area contributed by atoms with E-state index in [1.54, 1.807) is 25.0 Å². The molecule has 0 saturated heterocycles. The van der Waals surface area contributed by atoms with Crippen molar-refractivity contribution in [3.05, 3.63) is 61.6 Å². The highest BCUT2D eigenvalue weighted by atomic mass is 15.3. The minimum absolute atomic E-state index is 0.192. The highest BCUT2D eigenvalue weighted by Crippen LogP contribution is 2.22. The number of para-hydroxylation sites is 1. The van der Waals surface area contributed by atoms with Gasteiger partial charge in [-0.15, -0.1) is 0 Å². The van der Waals surface area contributed by atoms with E-state index in [0.29, 0.717) is 0 Å². The van der Waals surface area contributed by atoms with Gasteiger partial charge in [-0.2, -0.15) is 5.10 Å². The lowest BCUT2D eigenvalue weighted by Crippen LogP contribution is -2.22. The van der Waals surface area contributed by atoms with Crippen LogP contribution in [-0.2, 0) is 6.54 Å². The van der Waals surface area contributed by atoms with Gasteiger partial charge in [0.1, 0.15) is 12.1 Å². The van der Waals surface area contributed by atoms with Crippen molar-refractivity contribution in [2.75, 3.05) is 5.32 Å². The monoisotopic (exact) mass is 319 g/mol. The summed E-state index contributed by atoms with van der Waals surface area (Å²) in [5, 5.41) is 8.80. The summed E-state index contributed by atoms with van der Waals surface area (Å²) >= 11 is 0. The number of rotatable bonds is 5. The number of benzene rings is 1. The lowest BCUT2D eigenvalue weighted by molar-refractivity contribution is 0.617. The van der Waals surface area contributed by atoms with Gasteiger partial charge in [-0.1, -0.05) is 18.2 Å². The fourth-order valence-electron chi connectivity index (χ4n) is 2.71. The SMILES string of the molecule is CC(Cn1ccnc1)Nc1ncnc2c1cnn2-c1ccccc1. The van der Waals surface area contributed by atoms with Gasteiger partial charge in [0.2, 0.25) is 0 Å². The molecule has 1 unspecified atom stereocenters. The Morgan fingerprint density at radius 3 is 2.83 bits per heavy atom. The van der Waals surface area contributed by atoms with Gasteiger partial charge >= 0.3 is 0 Å². The van der Waals surface area contributed by atoms with E-state index in [4.69, 9.17) is 0 Å². The number of hydrogen-bond donors (Lipinski definition) is 1. The zero-order valence-corrected chi connectivity index (χ0v) is 13.2. The zero-order valence-electron chi connectivity index (χ0n) is 13.2. The molecule has 0 aliphatic rings. The first-order chi connectivity index (χ1) is 11.8. The topological polar surface area (TPSA) is 73.5 Å². The molecule has 0 bridgehead atoms. The number of hydrogen-bond acceptors (Lipinski definition) is 5. The molecule has 24 heavy (non-hydrogen) atoms. The zero-order chi connectivity index (χ0) is 16.4. The summed E-state index contributed by atoms with van der Waals surface area (Å²) in [5.41, 5.74) is 1.76. The molecule has 0 saturated carbocycles. The lowest BCUT2D eigenvalue weighted by Gasteiger charge is -2.15. The van der Waals surface area contributed by atoms with Gasteiger partial charge in [-0.3, -0.25) is 0 Å². The molecule has 7 nitrogen and oxygen atoms in total. The predicted molar refractivity (Wildman–Crippen MR) is 92.0 cm³/mol. The average molecular weight is 319 g/mol. The minimum Gasteiger partial charge on any atom is -0.365 e. The summed E-state index contributed by atoms with van der Waals surface area (Å²) in [4.78, 5) is 12.8. The van der Waals surface area contributed by atoms with E-state index < -0.39 is 0 Å². The van der Waals surface area contributed by atoms with Gasteiger partial charge in [0, 0.05) is 25.0 Å². The van der Waals surface area contributed by atoms with Gasteiger partial charge in [-0.25, -0.2) is 19.6 Å². The Morgan fingerprint density at radius 1 is 1.17 bits per heavy atom. The van der Waals surface area contributed by atoms with Crippen molar-refractivity contribution in [3.63, 3.8) is 0 Å². The van der Waals surface area contributed by atoms with Crippen LogP contribution >= 0.6 is 0 Å². The molecule has 4 rings (SSSR count). The summed E-state index contributed by atoms with van der Waals surface area (Å²) < 4.78 is 3.85. The average Bonchev–Trinajstić information content (AvgIpc) is 3.25. The summed E-state index contributed by atoms with van der Waals surface area (Å²) in [6, 6.07) is 10.1. The number of fused-ring (bicyclic) bond motifs is 1. The molecule has 120 valence electrons. The van der Waals surface area contributed by atoms with Crippen LogP contribution in [0.3, 0.4) is 0 Å². The van der Waals surface area contributed by atoms with Gasteiger partial charge in [0.25, 0.3) is 0 Å². The number of nitrogens with one attached hydrogen (secondary N) is 1. The number of imidazole rings is 1. The van der Waals surface area contributed by atoms with Crippen LogP contribution in [0.1, 0.15) is 6.92 Å². The van der Waals surface area contributed by atoms with E-state index in [9.17, 15) is 0 Å². The van der Waals surface area contributed by atoms with Crippen molar-refractivity contribution in [1.82, 2.24) is 29.3 Å². The molecule has 3 aromatic heterocycles. The summed E-state index contributed by atoms with van der Waals surface area (Å²) in [6.07, 6.45) is 8.90. The van der Waals surface area contributed by atoms with Crippen molar-refractivity contribution in [1.29, 1.82) is 0 Å². The molecule has 0 radical (unpaired) electrons. The molecular weight excluding hydrogens is 302 g/mol. The number of anilines is 1. The Labute approximate surface area is 139 Å². The van der Waals surface area contributed by atoms with E-state index in [1.807, 2.05) is 45.8 Å². The predicted octanol–water partition coefficient (Wildman–Crippen LogP) is 2.51. The molecular formula is C17H17N7. The third-order valence-electron chi connectivity index (χ3n) is 3.79.